The first kappa shape index (κ1) is 23.6. The SMILES string of the molecule is O=C(O)c1cccc(Oc2nc(Oc3cccc(C(=O)O)c3)nc(Oc3cccc(C(=O)O)c3)n2)c1. The molecule has 0 atom stereocenters. The fraction of sp³-hybridized carbons (Fsp3) is 0. The third-order valence-electron chi connectivity index (χ3n) is 4.44. The Morgan fingerprint density at radius 1 is 0.500 bits per heavy atom. The molecule has 0 amide bonds. The maximum atomic E-state index is 11.3. The van der Waals surface area contributed by atoms with Crippen LogP contribution in [-0.4, -0.2) is 48.2 Å². The number of nitrogens with zero attached hydrogens (tertiary/aromatic N) is 3. The minimum absolute atomic E-state index is 0.0366. The highest BCUT2D eigenvalue weighted by Crippen LogP contribution is 2.28. The molecule has 12 heteroatoms. The van der Waals surface area contributed by atoms with Crippen LogP contribution in [0.25, 0.3) is 0 Å². The van der Waals surface area contributed by atoms with Gasteiger partial charge in [0.15, 0.2) is 0 Å². The summed E-state index contributed by atoms with van der Waals surface area (Å²) in [6.07, 6.45) is 0. The number of hydrogen-bond donors (Lipinski definition) is 3. The third kappa shape index (κ3) is 5.88. The lowest BCUT2D eigenvalue weighted by atomic mass is 10.2. The molecule has 0 saturated carbocycles. The summed E-state index contributed by atoms with van der Waals surface area (Å²) >= 11 is 0. The van der Waals surface area contributed by atoms with Crippen LogP contribution in [0.2, 0.25) is 0 Å². The van der Waals surface area contributed by atoms with E-state index in [9.17, 15) is 29.7 Å². The summed E-state index contributed by atoms with van der Waals surface area (Å²) in [5, 5.41) is 27.6. The summed E-state index contributed by atoms with van der Waals surface area (Å²) in [5.41, 5.74) is -0.110. The molecule has 4 aromatic rings. The zero-order valence-corrected chi connectivity index (χ0v) is 18.1. The number of aromatic carboxylic acids is 3. The van der Waals surface area contributed by atoms with Crippen molar-refractivity contribution < 1.29 is 43.9 Å². The number of benzene rings is 3. The zero-order chi connectivity index (χ0) is 25.7. The summed E-state index contributed by atoms with van der Waals surface area (Å²) in [7, 11) is 0. The van der Waals surface area contributed by atoms with Crippen molar-refractivity contribution in [2.45, 2.75) is 0 Å². The van der Waals surface area contributed by atoms with Gasteiger partial charge in [0, 0.05) is 0 Å². The second-order valence-corrected chi connectivity index (χ2v) is 6.99. The van der Waals surface area contributed by atoms with Gasteiger partial charge in [-0.05, 0) is 54.6 Å². The van der Waals surface area contributed by atoms with Crippen LogP contribution < -0.4 is 14.2 Å². The molecule has 3 aromatic carbocycles. The highest BCUT2D eigenvalue weighted by Gasteiger charge is 2.15. The van der Waals surface area contributed by atoms with Crippen molar-refractivity contribution in [2.75, 3.05) is 0 Å². The lowest BCUT2D eigenvalue weighted by Gasteiger charge is -2.10. The van der Waals surface area contributed by atoms with Gasteiger partial charge in [0.25, 0.3) is 0 Å². The van der Waals surface area contributed by atoms with Gasteiger partial charge in [-0.1, -0.05) is 18.2 Å². The zero-order valence-electron chi connectivity index (χ0n) is 18.1. The minimum Gasteiger partial charge on any atom is -0.478 e. The van der Waals surface area contributed by atoms with Gasteiger partial charge < -0.3 is 29.5 Å². The molecule has 0 unspecified atom stereocenters. The van der Waals surface area contributed by atoms with Crippen LogP contribution in [0.5, 0.6) is 35.3 Å². The summed E-state index contributed by atoms with van der Waals surface area (Å²) in [6, 6.07) is 15.7. The van der Waals surface area contributed by atoms with Crippen molar-refractivity contribution in [3.63, 3.8) is 0 Å². The topological polar surface area (TPSA) is 178 Å². The Kier molecular flexibility index (Phi) is 6.68. The van der Waals surface area contributed by atoms with Gasteiger partial charge in [-0.2, -0.15) is 0 Å². The summed E-state index contributed by atoms with van der Waals surface area (Å²) in [5.74, 6) is -3.21. The molecule has 0 aliphatic heterocycles. The van der Waals surface area contributed by atoms with Gasteiger partial charge in [-0.25, -0.2) is 14.4 Å². The van der Waals surface area contributed by atoms with Gasteiger partial charge in [0.1, 0.15) is 17.2 Å². The molecule has 1 heterocycles. The summed E-state index contributed by atoms with van der Waals surface area (Å²) in [4.78, 5) is 45.8. The van der Waals surface area contributed by atoms with Crippen LogP contribution in [-0.2, 0) is 0 Å². The molecular formula is C24H15N3O9. The van der Waals surface area contributed by atoms with E-state index in [0.29, 0.717) is 0 Å². The molecule has 0 saturated heterocycles. The maximum absolute atomic E-state index is 11.3. The van der Waals surface area contributed by atoms with Crippen molar-refractivity contribution in [3.8, 4) is 35.3 Å². The minimum atomic E-state index is -1.17. The maximum Gasteiger partial charge on any atom is 0.335 e. The predicted molar refractivity (Wildman–Crippen MR) is 120 cm³/mol. The monoisotopic (exact) mass is 489 g/mol. The van der Waals surface area contributed by atoms with Crippen LogP contribution in [0.1, 0.15) is 31.1 Å². The Labute approximate surface area is 202 Å². The van der Waals surface area contributed by atoms with Gasteiger partial charge in [0.05, 0.1) is 16.7 Å². The van der Waals surface area contributed by atoms with E-state index in [1.807, 2.05) is 0 Å². The molecule has 1 aromatic heterocycles. The Hall–Kier alpha value is -5.52. The van der Waals surface area contributed by atoms with Gasteiger partial charge in [0.2, 0.25) is 0 Å². The largest absolute Gasteiger partial charge is 0.478 e. The first-order valence-corrected chi connectivity index (χ1v) is 10.1. The molecule has 3 N–H and O–H groups in total. The lowest BCUT2D eigenvalue weighted by Crippen LogP contribution is -2.03. The molecule has 0 aliphatic carbocycles. The van der Waals surface area contributed by atoms with E-state index in [2.05, 4.69) is 15.0 Å². The first-order chi connectivity index (χ1) is 17.3. The number of carboxylic acids is 3. The smallest absolute Gasteiger partial charge is 0.335 e. The van der Waals surface area contributed by atoms with Crippen LogP contribution in [0.3, 0.4) is 0 Å². The van der Waals surface area contributed by atoms with Crippen molar-refractivity contribution in [3.05, 3.63) is 89.5 Å². The molecule has 0 bridgehead atoms. The standard InChI is InChI=1S/C24H15N3O9/c28-19(29)13-4-1-7-16(10-13)34-22-25-23(35-17-8-2-5-14(11-17)20(30)31)27-24(26-22)36-18-9-3-6-15(12-18)21(32)33/h1-12H,(H,28,29)(H,30,31)(H,32,33). The summed E-state index contributed by atoms with van der Waals surface area (Å²) < 4.78 is 16.7. The van der Waals surface area contributed by atoms with Gasteiger partial charge >= 0.3 is 35.9 Å². The second kappa shape index (κ2) is 10.2. The number of rotatable bonds is 9. The molecule has 0 aliphatic rings. The summed E-state index contributed by atoms with van der Waals surface area (Å²) in [6.45, 7) is 0. The number of carbonyl (C=O) groups is 3. The lowest BCUT2D eigenvalue weighted by molar-refractivity contribution is 0.0686. The molecule has 0 spiro atoms. The van der Waals surface area contributed by atoms with Gasteiger partial charge in [-0.3, -0.25) is 0 Å². The van der Waals surface area contributed by atoms with E-state index >= 15 is 0 Å². The third-order valence-corrected chi connectivity index (χ3v) is 4.44. The average molecular weight is 489 g/mol. The van der Waals surface area contributed by atoms with E-state index in [-0.39, 0.29) is 52.0 Å². The Morgan fingerprint density at radius 2 is 0.778 bits per heavy atom. The molecule has 180 valence electrons. The van der Waals surface area contributed by atoms with E-state index in [0.717, 1.165) is 0 Å². The first-order valence-electron chi connectivity index (χ1n) is 10.1. The normalized spacial score (nSPS) is 10.3. The van der Waals surface area contributed by atoms with E-state index in [1.165, 1.54) is 72.8 Å². The van der Waals surface area contributed by atoms with Crippen molar-refractivity contribution in [1.82, 2.24) is 15.0 Å². The van der Waals surface area contributed by atoms with E-state index in [1.54, 1.807) is 0 Å². The molecule has 0 fully saturated rings. The molecule has 12 nitrogen and oxygen atoms in total. The quantitative estimate of drug-likeness (QED) is 0.303. The highest BCUT2D eigenvalue weighted by molar-refractivity contribution is 5.89. The number of ether oxygens (including phenoxy) is 3. The average Bonchev–Trinajstić information content (AvgIpc) is 2.84. The highest BCUT2D eigenvalue weighted by atomic mass is 16.5. The van der Waals surface area contributed by atoms with Crippen LogP contribution in [0.15, 0.2) is 72.8 Å². The molecule has 36 heavy (non-hydrogen) atoms. The number of hydrogen-bond acceptors (Lipinski definition) is 9. The fourth-order valence-corrected chi connectivity index (χ4v) is 2.85. The number of aromatic nitrogens is 3. The van der Waals surface area contributed by atoms with Crippen molar-refractivity contribution in [2.24, 2.45) is 0 Å². The van der Waals surface area contributed by atoms with Crippen molar-refractivity contribution in [1.29, 1.82) is 0 Å². The van der Waals surface area contributed by atoms with Crippen LogP contribution >= 0.6 is 0 Å². The Bertz CT molecular complexity index is 1290. The van der Waals surface area contributed by atoms with Crippen molar-refractivity contribution >= 4 is 17.9 Å². The second-order valence-electron chi connectivity index (χ2n) is 6.99. The molecular weight excluding hydrogens is 474 g/mol. The van der Waals surface area contributed by atoms with Gasteiger partial charge in [-0.15, -0.1) is 15.0 Å². The fourth-order valence-electron chi connectivity index (χ4n) is 2.85. The molecule has 4 rings (SSSR count). The van der Waals surface area contributed by atoms with E-state index in [4.69, 9.17) is 14.2 Å². The predicted octanol–water partition coefficient (Wildman–Crippen LogP) is 4.34. The Balaban J connectivity index is 1.69. The molecule has 0 radical (unpaired) electrons. The number of carboxylic acid groups (broad SMARTS) is 3. The Morgan fingerprint density at radius 3 is 1.03 bits per heavy atom. The van der Waals surface area contributed by atoms with Crippen LogP contribution in [0.4, 0.5) is 0 Å². The van der Waals surface area contributed by atoms with Crippen LogP contribution in [0, 0.1) is 0 Å². The van der Waals surface area contributed by atoms with E-state index < -0.39 is 17.9 Å².